The van der Waals surface area contributed by atoms with Crippen LogP contribution in [0.3, 0.4) is 0 Å². The molecule has 2 aliphatic heterocycles. The molecule has 1 N–H and O–H groups in total. The molecule has 2 aromatic rings. The number of piperazine rings is 1. The first-order valence-electron chi connectivity index (χ1n) is 7.40. The summed E-state index contributed by atoms with van der Waals surface area (Å²) in [6.45, 7) is 2.79. The van der Waals surface area contributed by atoms with Crippen molar-refractivity contribution in [3.05, 3.63) is 40.5 Å². The molecular formula is C15H18Cl2N4O2. The molecule has 1 saturated heterocycles. The second-order valence-electron chi connectivity index (χ2n) is 5.75. The minimum absolute atomic E-state index is 0. The van der Waals surface area contributed by atoms with Crippen LogP contribution in [0.1, 0.15) is 29.4 Å². The highest BCUT2D eigenvalue weighted by Gasteiger charge is 2.32. The Labute approximate surface area is 145 Å². The Morgan fingerprint density at radius 2 is 2.26 bits per heavy atom. The predicted molar refractivity (Wildman–Crippen MR) is 88.3 cm³/mol. The lowest BCUT2D eigenvalue weighted by molar-refractivity contribution is 0.179. The van der Waals surface area contributed by atoms with Gasteiger partial charge in [0.2, 0.25) is 0 Å². The van der Waals surface area contributed by atoms with Crippen molar-refractivity contribution in [2.75, 3.05) is 26.7 Å². The third-order valence-corrected chi connectivity index (χ3v) is 4.47. The number of halogens is 2. The maximum atomic E-state index is 6.02. The monoisotopic (exact) mass is 356 g/mol. The number of rotatable bonds is 2. The zero-order chi connectivity index (χ0) is 15.1. The van der Waals surface area contributed by atoms with E-state index in [4.69, 9.17) is 20.9 Å². The lowest BCUT2D eigenvalue weighted by Crippen LogP contribution is -2.44. The standard InChI is InChI=1S/C15H17ClN4O2.ClH/c1-20-5-4-17-8-11(20)14-18-15(22-19-14)13-7-9-6-10(16)2-3-12(9)21-13;/h2-3,6,11,13,17H,4-5,7-8H2,1H3;1H. The summed E-state index contributed by atoms with van der Waals surface area (Å²) >= 11 is 6.02. The van der Waals surface area contributed by atoms with Gasteiger partial charge in [-0.1, -0.05) is 16.8 Å². The lowest BCUT2D eigenvalue weighted by Gasteiger charge is -2.30. The number of hydrogen-bond acceptors (Lipinski definition) is 6. The maximum absolute atomic E-state index is 6.02. The van der Waals surface area contributed by atoms with E-state index in [1.54, 1.807) is 0 Å². The van der Waals surface area contributed by atoms with Gasteiger partial charge in [-0.05, 0) is 30.8 Å². The molecule has 0 saturated carbocycles. The summed E-state index contributed by atoms with van der Waals surface area (Å²) in [6, 6.07) is 5.77. The van der Waals surface area contributed by atoms with Crippen LogP contribution in [0.25, 0.3) is 0 Å². The summed E-state index contributed by atoms with van der Waals surface area (Å²) in [5, 5.41) is 8.21. The lowest BCUT2D eigenvalue weighted by atomic mass is 10.1. The third kappa shape index (κ3) is 3.17. The van der Waals surface area contributed by atoms with Crippen LogP contribution in [0.5, 0.6) is 5.75 Å². The molecule has 23 heavy (non-hydrogen) atoms. The van der Waals surface area contributed by atoms with Gasteiger partial charge in [-0.25, -0.2) is 0 Å². The molecule has 1 aromatic carbocycles. The van der Waals surface area contributed by atoms with Gasteiger partial charge in [0, 0.05) is 31.1 Å². The fourth-order valence-corrected chi connectivity index (χ4v) is 3.16. The topological polar surface area (TPSA) is 63.4 Å². The maximum Gasteiger partial charge on any atom is 0.268 e. The van der Waals surface area contributed by atoms with Crippen LogP contribution < -0.4 is 10.1 Å². The van der Waals surface area contributed by atoms with E-state index in [0.717, 1.165) is 30.9 Å². The number of aromatic nitrogens is 2. The van der Waals surface area contributed by atoms with Crippen molar-refractivity contribution in [1.82, 2.24) is 20.4 Å². The van der Waals surface area contributed by atoms with Crippen molar-refractivity contribution < 1.29 is 9.26 Å². The van der Waals surface area contributed by atoms with Gasteiger partial charge < -0.3 is 14.6 Å². The molecule has 124 valence electrons. The van der Waals surface area contributed by atoms with Crippen molar-refractivity contribution in [2.45, 2.75) is 18.6 Å². The van der Waals surface area contributed by atoms with E-state index in [1.807, 2.05) is 18.2 Å². The molecule has 6 nitrogen and oxygen atoms in total. The number of benzene rings is 1. The minimum Gasteiger partial charge on any atom is -0.480 e. The van der Waals surface area contributed by atoms with E-state index in [0.29, 0.717) is 23.2 Å². The Balaban J connectivity index is 0.00000156. The number of ether oxygens (including phenoxy) is 1. The van der Waals surface area contributed by atoms with Gasteiger partial charge in [0.05, 0.1) is 6.04 Å². The predicted octanol–water partition coefficient (Wildman–Crippen LogP) is 2.40. The summed E-state index contributed by atoms with van der Waals surface area (Å²) in [5.41, 5.74) is 1.08. The van der Waals surface area contributed by atoms with Crippen molar-refractivity contribution in [2.24, 2.45) is 0 Å². The van der Waals surface area contributed by atoms with Crippen LogP contribution in [-0.2, 0) is 6.42 Å². The number of fused-ring (bicyclic) bond motifs is 1. The molecule has 0 bridgehead atoms. The summed E-state index contributed by atoms with van der Waals surface area (Å²) in [7, 11) is 2.07. The molecule has 1 fully saturated rings. The van der Waals surface area contributed by atoms with Crippen LogP contribution in [0.2, 0.25) is 5.02 Å². The van der Waals surface area contributed by atoms with Crippen LogP contribution in [-0.4, -0.2) is 41.7 Å². The van der Waals surface area contributed by atoms with Crippen molar-refractivity contribution >= 4 is 24.0 Å². The highest BCUT2D eigenvalue weighted by atomic mass is 35.5. The number of nitrogens with zero attached hydrogens (tertiary/aromatic N) is 3. The second kappa shape index (κ2) is 6.65. The van der Waals surface area contributed by atoms with E-state index in [1.165, 1.54) is 0 Å². The van der Waals surface area contributed by atoms with Gasteiger partial charge in [0.25, 0.3) is 5.89 Å². The van der Waals surface area contributed by atoms with Gasteiger partial charge in [-0.2, -0.15) is 4.98 Å². The zero-order valence-electron chi connectivity index (χ0n) is 12.7. The third-order valence-electron chi connectivity index (χ3n) is 4.24. The first-order valence-corrected chi connectivity index (χ1v) is 7.78. The summed E-state index contributed by atoms with van der Waals surface area (Å²) in [6.07, 6.45) is 0.479. The Hall–Kier alpha value is -1.34. The highest BCUT2D eigenvalue weighted by Crippen LogP contribution is 2.37. The van der Waals surface area contributed by atoms with Gasteiger partial charge in [-0.15, -0.1) is 12.4 Å². The molecule has 4 rings (SSSR count). The fraction of sp³-hybridized carbons (Fsp3) is 0.467. The van der Waals surface area contributed by atoms with Crippen LogP contribution in [0.15, 0.2) is 22.7 Å². The molecule has 3 heterocycles. The van der Waals surface area contributed by atoms with E-state index in [9.17, 15) is 0 Å². The molecule has 0 aliphatic carbocycles. The van der Waals surface area contributed by atoms with E-state index in [-0.39, 0.29) is 24.6 Å². The van der Waals surface area contributed by atoms with Crippen molar-refractivity contribution in [3.63, 3.8) is 0 Å². The molecule has 0 spiro atoms. The first-order chi connectivity index (χ1) is 10.7. The molecule has 1 aromatic heterocycles. The summed E-state index contributed by atoms with van der Waals surface area (Å²) in [4.78, 5) is 6.79. The summed E-state index contributed by atoms with van der Waals surface area (Å²) < 4.78 is 11.3. The molecule has 0 amide bonds. The average Bonchev–Trinajstić information content (AvgIpc) is 3.13. The van der Waals surface area contributed by atoms with E-state index >= 15 is 0 Å². The molecule has 0 radical (unpaired) electrons. The molecule has 8 heteroatoms. The average molecular weight is 357 g/mol. The van der Waals surface area contributed by atoms with Gasteiger partial charge in [0.15, 0.2) is 11.9 Å². The van der Waals surface area contributed by atoms with Crippen molar-refractivity contribution in [1.29, 1.82) is 0 Å². The fourth-order valence-electron chi connectivity index (χ4n) is 2.96. The summed E-state index contributed by atoms with van der Waals surface area (Å²) in [5.74, 6) is 2.08. The highest BCUT2D eigenvalue weighted by molar-refractivity contribution is 6.30. The normalized spacial score (nSPS) is 23.9. The molecular weight excluding hydrogens is 339 g/mol. The van der Waals surface area contributed by atoms with E-state index < -0.39 is 0 Å². The van der Waals surface area contributed by atoms with Crippen LogP contribution in [0, 0.1) is 0 Å². The number of nitrogens with one attached hydrogen (secondary N) is 1. The smallest absolute Gasteiger partial charge is 0.268 e. The second-order valence-corrected chi connectivity index (χ2v) is 6.19. The molecule has 2 unspecified atom stereocenters. The van der Waals surface area contributed by atoms with Gasteiger partial charge >= 0.3 is 0 Å². The molecule has 2 atom stereocenters. The van der Waals surface area contributed by atoms with Gasteiger partial charge in [0.1, 0.15) is 5.75 Å². The van der Waals surface area contributed by atoms with Crippen molar-refractivity contribution in [3.8, 4) is 5.75 Å². The van der Waals surface area contributed by atoms with Crippen LogP contribution >= 0.6 is 24.0 Å². The Morgan fingerprint density at radius 1 is 1.39 bits per heavy atom. The largest absolute Gasteiger partial charge is 0.480 e. The SMILES string of the molecule is CN1CCNCC1c1noc(C2Cc3cc(Cl)ccc3O2)n1.Cl. The van der Waals surface area contributed by atoms with Gasteiger partial charge in [-0.3, -0.25) is 4.90 Å². The van der Waals surface area contributed by atoms with E-state index in [2.05, 4.69) is 27.4 Å². The Morgan fingerprint density at radius 3 is 3.09 bits per heavy atom. The zero-order valence-corrected chi connectivity index (χ0v) is 14.2. The minimum atomic E-state index is -0.225. The Bertz CT molecular complexity index is 694. The molecule has 2 aliphatic rings. The number of likely N-dealkylation sites (N-methyl/N-ethyl adjacent to an activating group) is 1. The first kappa shape index (κ1) is 16.5. The number of hydrogen-bond donors (Lipinski definition) is 1. The van der Waals surface area contributed by atoms with Crippen LogP contribution in [0.4, 0.5) is 0 Å². The Kier molecular flexibility index (Phi) is 4.77. The quantitative estimate of drug-likeness (QED) is 0.891.